The molecule has 1 amide bonds. The summed E-state index contributed by atoms with van der Waals surface area (Å²) < 4.78 is 0. The topological polar surface area (TPSA) is 66.9 Å². The van der Waals surface area contributed by atoms with Crippen molar-refractivity contribution >= 4 is 45.4 Å². The second kappa shape index (κ2) is 5.93. The van der Waals surface area contributed by atoms with E-state index in [-0.39, 0.29) is 5.28 Å². The Hall–Kier alpha value is -1.40. The van der Waals surface area contributed by atoms with Gasteiger partial charge in [0.1, 0.15) is 10.6 Å². The number of nitrogens with one attached hydrogen (secondary N) is 2. The van der Waals surface area contributed by atoms with E-state index in [9.17, 15) is 4.79 Å². The van der Waals surface area contributed by atoms with Gasteiger partial charge in [-0.2, -0.15) is 0 Å². The Kier molecular flexibility index (Phi) is 4.03. The second-order valence-electron chi connectivity index (χ2n) is 4.73. The second-order valence-corrected chi connectivity index (χ2v) is 6.15. The summed E-state index contributed by atoms with van der Waals surface area (Å²) in [5.74, 6) is 0.825. The summed E-state index contributed by atoms with van der Waals surface area (Å²) in [4.78, 5) is 21.2. The molecule has 2 heterocycles. The standard InChI is InChI=1S/C13H15ClN4OS/c14-13-17-11(16-6-2-5-15-7-19)10-8-3-1-4-9(8)20-12(10)18-13/h7H,1-6H2,(H,15,19)(H,16,17,18). The highest BCUT2D eigenvalue weighted by atomic mass is 35.5. The molecule has 3 rings (SSSR count). The molecule has 1 aliphatic rings. The minimum absolute atomic E-state index is 0.283. The average molecular weight is 311 g/mol. The third-order valence-corrected chi connectivity index (χ3v) is 4.77. The van der Waals surface area contributed by atoms with Gasteiger partial charge in [0.2, 0.25) is 11.7 Å². The molecular formula is C13H15ClN4OS. The largest absolute Gasteiger partial charge is 0.369 e. The number of aryl methyl sites for hydroxylation is 2. The average Bonchev–Trinajstić information content (AvgIpc) is 2.98. The van der Waals surface area contributed by atoms with Crippen LogP contribution in [0.1, 0.15) is 23.3 Å². The van der Waals surface area contributed by atoms with Crippen molar-refractivity contribution in [2.45, 2.75) is 25.7 Å². The zero-order chi connectivity index (χ0) is 13.9. The van der Waals surface area contributed by atoms with E-state index in [2.05, 4.69) is 20.6 Å². The first kappa shape index (κ1) is 13.6. The lowest BCUT2D eigenvalue weighted by Crippen LogP contribution is -2.16. The Labute approximate surface area is 125 Å². The molecule has 0 spiro atoms. The van der Waals surface area contributed by atoms with Gasteiger partial charge in [-0.1, -0.05) is 0 Å². The van der Waals surface area contributed by atoms with Crippen LogP contribution >= 0.6 is 22.9 Å². The predicted molar refractivity (Wildman–Crippen MR) is 81.6 cm³/mol. The van der Waals surface area contributed by atoms with Gasteiger partial charge < -0.3 is 10.6 Å². The van der Waals surface area contributed by atoms with E-state index in [1.54, 1.807) is 11.3 Å². The van der Waals surface area contributed by atoms with Gasteiger partial charge >= 0.3 is 0 Å². The van der Waals surface area contributed by atoms with Crippen molar-refractivity contribution in [1.29, 1.82) is 0 Å². The zero-order valence-electron chi connectivity index (χ0n) is 10.9. The highest BCUT2D eigenvalue weighted by Gasteiger charge is 2.21. The number of nitrogens with zero attached hydrogens (tertiary/aromatic N) is 2. The molecule has 0 aromatic carbocycles. The molecule has 0 radical (unpaired) electrons. The Balaban J connectivity index is 1.83. The summed E-state index contributed by atoms with van der Waals surface area (Å²) in [5, 5.41) is 7.38. The molecule has 0 bridgehead atoms. The van der Waals surface area contributed by atoms with Crippen molar-refractivity contribution in [3.63, 3.8) is 0 Å². The first-order chi connectivity index (χ1) is 9.79. The number of amides is 1. The Bertz CT molecular complexity index is 643. The third kappa shape index (κ3) is 2.58. The first-order valence-corrected chi connectivity index (χ1v) is 7.87. The number of fused-ring (bicyclic) bond motifs is 3. The molecule has 2 N–H and O–H groups in total. The molecule has 106 valence electrons. The fourth-order valence-electron chi connectivity index (χ4n) is 2.55. The van der Waals surface area contributed by atoms with E-state index >= 15 is 0 Å². The van der Waals surface area contributed by atoms with E-state index in [4.69, 9.17) is 11.6 Å². The van der Waals surface area contributed by atoms with Gasteiger partial charge in [0.15, 0.2) is 0 Å². The van der Waals surface area contributed by atoms with Crippen molar-refractivity contribution in [3.8, 4) is 0 Å². The molecule has 5 nitrogen and oxygen atoms in total. The molecule has 0 unspecified atom stereocenters. The summed E-state index contributed by atoms with van der Waals surface area (Å²) in [6.07, 6.45) is 5.00. The maximum absolute atomic E-state index is 10.2. The number of aromatic nitrogens is 2. The van der Waals surface area contributed by atoms with Crippen molar-refractivity contribution in [2.75, 3.05) is 18.4 Å². The lowest BCUT2D eigenvalue weighted by Gasteiger charge is -2.08. The van der Waals surface area contributed by atoms with Crippen molar-refractivity contribution in [1.82, 2.24) is 15.3 Å². The number of hydrogen-bond acceptors (Lipinski definition) is 5. The SMILES string of the molecule is O=CNCCCNc1nc(Cl)nc2sc3c(c12)CCC3. The maximum Gasteiger partial charge on any atom is 0.225 e. The van der Waals surface area contributed by atoms with Crippen LogP contribution < -0.4 is 10.6 Å². The number of thiophene rings is 1. The molecule has 0 aliphatic heterocycles. The molecule has 20 heavy (non-hydrogen) atoms. The molecule has 0 saturated heterocycles. The van der Waals surface area contributed by atoms with Gasteiger partial charge in [0.05, 0.1) is 5.39 Å². The van der Waals surface area contributed by atoms with Crippen LogP contribution in [0.15, 0.2) is 0 Å². The van der Waals surface area contributed by atoms with E-state index < -0.39 is 0 Å². The van der Waals surface area contributed by atoms with E-state index in [0.717, 1.165) is 41.8 Å². The lowest BCUT2D eigenvalue weighted by atomic mass is 10.2. The van der Waals surface area contributed by atoms with Gasteiger partial charge in [0.25, 0.3) is 0 Å². The quantitative estimate of drug-likeness (QED) is 0.488. The molecule has 2 aromatic heterocycles. The molecular weight excluding hydrogens is 296 g/mol. The number of halogens is 1. The van der Waals surface area contributed by atoms with Gasteiger partial charge in [-0.3, -0.25) is 4.79 Å². The van der Waals surface area contributed by atoms with Gasteiger partial charge in [-0.15, -0.1) is 11.3 Å². The summed E-state index contributed by atoms with van der Waals surface area (Å²) in [5.41, 5.74) is 1.38. The molecule has 0 atom stereocenters. The fraction of sp³-hybridized carbons (Fsp3) is 0.462. The minimum atomic E-state index is 0.283. The van der Waals surface area contributed by atoms with E-state index in [1.165, 1.54) is 16.9 Å². The van der Waals surface area contributed by atoms with Crippen LogP contribution in [-0.2, 0) is 17.6 Å². The Morgan fingerprint density at radius 1 is 1.30 bits per heavy atom. The van der Waals surface area contributed by atoms with Gasteiger partial charge in [-0.05, 0) is 42.8 Å². The molecule has 0 saturated carbocycles. The van der Waals surface area contributed by atoms with Crippen LogP contribution in [0.2, 0.25) is 5.28 Å². The number of hydrogen-bond donors (Lipinski definition) is 2. The Morgan fingerprint density at radius 2 is 2.20 bits per heavy atom. The number of rotatable bonds is 6. The number of carbonyl (C=O) groups excluding carboxylic acids is 1. The predicted octanol–water partition coefficient (Wildman–Crippen LogP) is 2.38. The summed E-state index contributed by atoms with van der Waals surface area (Å²) in [6, 6.07) is 0. The van der Waals surface area contributed by atoms with Crippen LogP contribution in [0.3, 0.4) is 0 Å². The van der Waals surface area contributed by atoms with Crippen LogP contribution in [-0.4, -0.2) is 29.5 Å². The molecule has 0 fully saturated rings. The first-order valence-electron chi connectivity index (χ1n) is 6.68. The van der Waals surface area contributed by atoms with Crippen LogP contribution in [0.25, 0.3) is 10.2 Å². The number of carbonyl (C=O) groups is 1. The van der Waals surface area contributed by atoms with E-state index in [0.29, 0.717) is 13.0 Å². The van der Waals surface area contributed by atoms with E-state index in [1.807, 2.05) is 0 Å². The monoisotopic (exact) mass is 310 g/mol. The normalized spacial score (nSPS) is 13.4. The maximum atomic E-state index is 10.2. The number of anilines is 1. The van der Waals surface area contributed by atoms with Gasteiger partial charge in [0, 0.05) is 18.0 Å². The highest BCUT2D eigenvalue weighted by Crippen LogP contribution is 2.39. The third-order valence-electron chi connectivity index (χ3n) is 3.41. The molecule has 1 aliphatic carbocycles. The van der Waals surface area contributed by atoms with Crippen molar-refractivity contribution in [3.05, 3.63) is 15.7 Å². The highest BCUT2D eigenvalue weighted by molar-refractivity contribution is 7.19. The summed E-state index contributed by atoms with van der Waals surface area (Å²) in [7, 11) is 0. The molecule has 7 heteroatoms. The van der Waals surface area contributed by atoms with Crippen LogP contribution in [0.5, 0.6) is 0 Å². The lowest BCUT2D eigenvalue weighted by molar-refractivity contribution is -0.109. The fourth-order valence-corrected chi connectivity index (χ4v) is 4.03. The van der Waals surface area contributed by atoms with Gasteiger partial charge in [-0.25, -0.2) is 9.97 Å². The summed E-state index contributed by atoms with van der Waals surface area (Å²) >= 11 is 7.72. The molecule has 2 aromatic rings. The minimum Gasteiger partial charge on any atom is -0.369 e. The zero-order valence-corrected chi connectivity index (χ0v) is 12.5. The van der Waals surface area contributed by atoms with Crippen molar-refractivity contribution in [2.24, 2.45) is 0 Å². The van der Waals surface area contributed by atoms with Crippen LogP contribution in [0, 0.1) is 0 Å². The summed E-state index contributed by atoms with van der Waals surface area (Å²) in [6.45, 7) is 1.40. The Morgan fingerprint density at radius 3 is 3.05 bits per heavy atom. The smallest absolute Gasteiger partial charge is 0.225 e. The van der Waals surface area contributed by atoms with Crippen LogP contribution in [0.4, 0.5) is 5.82 Å². The van der Waals surface area contributed by atoms with Crippen molar-refractivity contribution < 1.29 is 4.79 Å².